The molecular weight excluding hydrogens is 350 g/mol. The van der Waals surface area contributed by atoms with E-state index in [0.29, 0.717) is 19.6 Å². The van der Waals surface area contributed by atoms with Gasteiger partial charge in [-0.15, -0.1) is 0 Å². The number of benzene rings is 2. The van der Waals surface area contributed by atoms with Crippen molar-refractivity contribution in [3.63, 3.8) is 0 Å². The van der Waals surface area contributed by atoms with Crippen LogP contribution in [0.1, 0.15) is 31.4 Å². The third kappa shape index (κ3) is 7.15. The van der Waals surface area contributed by atoms with E-state index in [-0.39, 0.29) is 12.0 Å². The van der Waals surface area contributed by atoms with Crippen molar-refractivity contribution in [2.45, 2.75) is 45.4 Å². The second-order valence-electron chi connectivity index (χ2n) is 6.77. The SMILES string of the molecule is CCOC(=O)[C@H](C)NC[C@H](CC#N)N(Cc1ccccc1)Cc1ccccc1. The lowest BCUT2D eigenvalue weighted by molar-refractivity contribution is -0.145. The van der Waals surface area contributed by atoms with Gasteiger partial charge in [-0.05, 0) is 25.0 Å². The molecule has 0 bridgehead atoms. The molecule has 2 atom stereocenters. The first-order valence-electron chi connectivity index (χ1n) is 9.73. The lowest BCUT2D eigenvalue weighted by atomic mass is 10.1. The van der Waals surface area contributed by atoms with E-state index in [9.17, 15) is 10.1 Å². The summed E-state index contributed by atoms with van der Waals surface area (Å²) in [5.41, 5.74) is 2.39. The van der Waals surface area contributed by atoms with E-state index in [0.717, 1.165) is 13.1 Å². The largest absolute Gasteiger partial charge is 0.465 e. The van der Waals surface area contributed by atoms with Gasteiger partial charge < -0.3 is 10.1 Å². The van der Waals surface area contributed by atoms with Crippen LogP contribution >= 0.6 is 0 Å². The molecular formula is C23H29N3O2. The normalized spacial score (nSPS) is 12.9. The Kier molecular flexibility index (Phi) is 9.20. The number of ether oxygens (including phenoxy) is 1. The van der Waals surface area contributed by atoms with Crippen molar-refractivity contribution in [1.29, 1.82) is 5.26 Å². The van der Waals surface area contributed by atoms with E-state index in [1.807, 2.05) is 36.4 Å². The summed E-state index contributed by atoms with van der Waals surface area (Å²) in [5.74, 6) is -0.268. The second kappa shape index (κ2) is 11.9. The minimum absolute atomic E-state index is 0.0257. The Morgan fingerprint density at radius 3 is 2.07 bits per heavy atom. The fourth-order valence-corrected chi connectivity index (χ4v) is 3.05. The number of rotatable bonds is 11. The van der Waals surface area contributed by atoms with Crippen LogP contribution in [0.3, 0.4) is 0 Å². The molecule has 0 amide bonds. The highest BCUT2D eigenvalue weighted by Crippen LogP contribution is 2.15. The fraction of sp³-hybridized carbons (Fsp3) is 0.391. The van der Waals surface area contributed by atoms with Gasteiger partial charge in [-0.2, -0.15) is 5.26 Å². The lowest BCUT2D eigenvalue weighted by Gasteiger charge is -2.31. The predicted octanol–water partition coefficient (Wildman–Crippen LogP) is 3.51. The first kappa shape index (κ1) is 21.6. The van der Waals surface area contributed by atoms with Gasteiger partial charge in [-0.25, -0.2) is 0 Å². The van der Waals surface area contributed by atoms with Gasteiger partial charge in [0.1, 0.15) is 6.04 Å². The third-order valence-electron chi connectivity index (χ3n) is 4.60. The lowest BCUT2D eigenvalue weighted by Crippen LogP contribution is -2.46. The second-order valence-corrected chi connectivity index (χ2v) is 6.77. The average molecular weight is 380 g/mol. The Morgan fingerprint density at radius 2 is 1.61 bits per heavy atom. The maximum atomic E-state index is 11.9. The van der Waals surface area contributed by atoms with Crippen LogP contribution < -0.4 is 5.32 Å². The van der Waals surface area contributed by atoms with Crippen LogP contribution in [-0.2, 0) is 22.6 Å². The van der Waals surface area contributed by atoms with Crippen molar-refractivity contribution in [3.8, 4) is 6.07 Å². The molecule has 2 aromatic rings. The fourth-order valence-electron chi connectivity index (χ4n) is 3.05. The minimum Gasteiger partial charge on any atom is -0.465 e. The molecule has 0 aliphatic heterocycles. The molecule has 0 aliphatic rings. The number of hydrogen-bond acceptors (Lipinski definition) is 5. The van der Waals surface area contributed by atoms with Gasteiger partial charge in [0.2, 0.25) is 0 Å². The van der Waals surface area contributed by atoms with E-state index in [4.69, 9.17) is 4.74 Å². The highest BCUT2D eigenvalue weighted by atomic mass is 16.5. The molecule has 148 valence electrons. The molecule has 5 heteroatoms. The Hall–Kier alpha value is -2.68. The van der Waals surface area contributed by atoms with E-state index in [1.54, 1.807) is 13.8 Å². The third-order valence-corrected chi connectivity index (χ3v) is 4.60. The van der Waals surface area contributed by atoms with Gasteiger partial charge in [-0.3, -0.25) is 9.69 Å². The first-order valence-corrected chi connectivity index (χ1v) is 9.73. The zero-order valence-corrected chi connectivity index (χ0v) is 16.7. The molecule has 0 radical (unpaired) electrons. The summed E-state index contributed by atoms with van der Waals surface area (Å²) < 4.78 is 5.07. The van der Waals surface area contributed by atoms with E-state index < -0.39 is 6.04 Å². The maximum absolute atomic E-state index is 11.9. The molecule has 0 aromatic heterocycles. The number of esters is 1. The van der Waals surface area contributed by atoms with Crippen molar-refractivity contribution in [2.24, 2.45) is 0 Å². The summed E-state index contributed by atoms with van der Waals surface area (Å²) in [6.45, 7) is 5.95. The van der Waals surface area contributed by atoms with Crippen molar-refractivity contribution in [1.82, 2.24) is 10.2 Å². The summed E-state index contributed by atoms with van der Waals surface area (Å²) in [4.78, 5) is 14.2. The molecule has 0 heterocycles. The van der Waals surface area contributed by atoms with E-state index >= 15 is 0 Å². The van der Waals surface area contributed by atoms with Crippen LogP contribution in [0.25, 0.3) is 0 Å². The number of nitrogens with zero attached hydrogens (tertiary/aromatic N) is 2. The van der Waals surface area contributed by atoms with E-state index in [2.05, 4.69) is 40.6 Å². The summed E-state index contributed by atoms with van der Waals surface area (Å²) in [5, 5.41) is 12.6. The van der Waals surface area contributed by atoms with Crippen LogP contribution in [-0.4, -0.2) is 36.1 Å². The topological polar surface area (TPSA) is 65.4 Å². The number of nitriles is 1. The van der Waals surface area contributed by atoms with Crippen LogP contribution in [0.15, 0.2) is 60.7 Å². The van der Waals surface area contributed by atoms with Crippen LogP contribution in [0.4, 0.5) is 0 Å². The molecule has 0 unspecified atom stereocenters. The first-order chi connectivity index (χ1) is 13.6. The molecule has 0 saturated heterocycles. The van der Waals surface area contributed by atoms with Crippen molar-refractivity contribution >= 4 is 5.97 Å². The van der Waals surface area contributed by atoms with Crippen LogP contribution in [0.5, 0.6) is 0 Å². The summed E-state index contributed by atoms with van der Waals surface area (Å²) in [6, 6.07) is 22.3. The Morgan fingerprint density at radius 1 is 1.07 bits per heavy atom. The minimum atomic E-state index is -0.406. The van der Waals surface area contributed by atoms with Gasteiger partial charge in [0, 0.05) is 25.7 Å². The average Bonchev–Trinajstić information content (AvgIpc) is 2.72. The molecule has 0 aliphatic carbocycles. The molecule has 1 N–H and O–H groups in total. The van der Waals surface area contributed by atoms with Gasteiger partial charge in [0.05, 0.1) is 19.1 Å². The number of carbonyl (C=O) groups is 1. The molecule has 0 saturated carbocycles. The molecule has 0 fully saturated rings. The number of carbonyl (C=O) groups excluding carboxylic acids is 1. The van der Waals surface area contributed by atoms with Crippen LogP contribution in [0.2, 0.25) is 0 Å². The molecule has 28 heavy (non-hydrogen) atoms. The highest BCUT2D eigenvalue weighted by molar-refractivity contribution is 5.75. The van der Waals surface area contributed by atoms with Crippen molar-refractivity contribution < 1.29 is 9.53 Å². The zero-order valence-electron chi connectivity index (χ0n) is 16.7. The molecule has 2 rings (SSSR count). The monoisotopic (exact) mass is 379 g/mol. The van der Waals surface area contributed by atoms with Gasteiger partial charge >= 0.3 is 5.97 Å². The smallest absolute Gasteiger partial charge is 0.322 e. The van der Waals surface area contributed by atoms with Crippen molar-refractivity contribution in [2.75, 3.05) is 13.2 Å². The maximum Gasteiger partial charge on any atom is 0.322 e. The summed E-state index contributed by atoms with van der Waals surface area (Å²) in [7, 11) is 0. The standard InChI is InChI=1S/C23H29N3O2/c1-3-28-23(27)19(2)25-16-22(14-15-24)26(17-20-10-6-4-7-11-20)18-21-12-8-5-9-13-21/h4-13,19,22,25H,3,14,16-18H2,1-2H3/t19-,22-/m0/s1. The summed E-state index contributed by atoms with van der Waals surface area (Å²) in [6.07, 6.45) is 0.377. The van der Waals surface area contributed by atoms with Gasteiger partial charge in [0.15, 0.2) is 0 Å². The molecule has 5 nitrogen and oxygen atoms in total. The summed E-state index contributed by atoms with van der Waals surface area (Å²) >= 11 is 0. The quantitative estimate of drug-likeness (QED) is 0.605. The Balaban J connectivity index is 2.13. The van der Waals surface area contributed by atoms with Gasteiger partial charge in [-0.1, -0.05) is 60.7 Å². The van der Waals surface area contributed by atoms with Crippen LogP contribution in [0, 0.1) is 11.3 Å². The predicted molar refractivity (Wildman–Crippen MR) is 110 cm³/mol. The highest BCUT2D eigenvalue weighted by Gasteiger charge is 2.22. The number of nitrogens with one attached hydrogen (secondary N) is 1. The molecule has 0 spiro atoms. The van der Waals surface area contributed by atoms with Gasteiger partial charge in [0.25, 0.3) is 0 Å². The van der Waals surface area contributed by atoms with E-state index in [1.165, 1.54) is 11.1 Å². The zero-order chi connectivity index (χ0) is 20.2. The Labute approximate surface area is 167 Å². The molecule has 2 aromatic carbocycles. The Bertz CT molecular complexity index is 702. The van der Waals surface area contributed by atoms with Crippen molar-refractivity contribution in [3.05, 3.63) is 71.8 Å². The number of hydrogen-bond donors (Lipinski definition) is 1.